The zero-order valence-electron chi connectivity index (χ0n) is 16.4. The van der Waals surface area contributed by atoms with Gasteiger partial charge in [0.2, 0.25) is 0 Å². The smallest absolute Gasteiger partial charge is 0.123 e. The van der Waals surface area contributed by atoms with Gasteiger partial charge in [-0.15, -0.1) is 24.8 Å². The molecule has 1 fully saturated rings. The maximum atomic E-state index is 5.56. The molecule has 1 aromatic carbocycles. The number of benzene rings is 1. The fourth-order valence-electron chi connectivity index (χ4n) is 3.68. The number of hydrogen-bond acceptors (Lipinski definition) is 4. The van der Waals surface area contributed by atoms with Crippen molar-refractivity contribution in [3.63, 3.8) is 0 Å². The van der Waals surface area contributed by atoms with Gasteiger partial charge in [0.1, 0.15) is 5.75 Å². The van der Waals surface area contributed by atoms with Crippen LogP contribution in [0.15, 0.2) is 29.8 Å². The van der Waals surface area contributed by atoms with Crippen LogP contribution in [0, 0.1) is 0 Å². The van der Waals surface area contributed by atoms with Gasteiger partial charge in [0, 0.05) is 31.7 Å². The molecule has 0 saturated carbocycles. The first-order valence-electron chi connectivity index (χ1n) is 9.69. The quantitative estimate of drug-likeness (QED) is 0.504. The van der Waals surface area contributed by atoms with Crippen molar-refractivity contribution in [3.05, 3.63) is 41.0 Å². The largest absolute Gasteiger partial charge is 0.496 e. The molecule has 0 bridgehead atoms. The number of hydrogen-bond donors (Lipinski definition) is 1. The van der Waals surface area contributed by atoms with Gasteiger partial charge in [-0.25, -0.2) is 0 Å². The number of nitrogens with one attached hydrogen (secondary N) is 1. The number of nitrogens with zero attached hydrogens (tertiary/aromatic N) is 1. The Labute approximate surface area is 176 Å². The van der Waals surface area contributed by atoms with Crippen molar-refractivity contribution < 1.29 is 9.47 Å². The van der Waals surface area contributed by atoms with Crippen LogP contribution in [0.2, 0.25) is 0 Å². The molecule has 0 amide bonds. The summed E-state index contributed by atoms with van der Waals surface area (Å²) >= 11 is 0. The molecule has 154 valence electrons. The van der Waals surface area contributed by atoms with Gasteiger partial charge < -0.3 is 14.8 Å². The van der Waals surface area contributed by atoms with Crippen LogP contribution in [0.4, 0.5) is 0 Å². The van der Waals surface area contributed by atoms with E-state index in [0.29, 0.717) is 0 Å². The Bertz CT molecular complexity index is 575. The monoisotopic (exact) mass is 416 g/mol. The van der Waals surface area contributed by atoms with Gasteiger partial charge in [-0.2, -0.15) is 0 Å². The minimum Gasteiger partial charge on any atom is -0.496 e. The molecule has 27 heavy (non-hydrogen) atoms. The van der Waals surface area contributed by atoms with Gasteiger partial charge in [0.25, 0.3) is 0 Å². The highest BCUT2D eigenvalue weighted by Gasteiger charge is 2.14. The predicted octanol–water partition coefficient (Wildman–Crippen LogP) is 4.35. The summed E-state index contributed by atoms with van der Waals surface area (Å²) < 4.78 is 11.0. The second kappa shape index (κ2) is 13.4. The summed E-state index contributed by atoms with van der Waals surface area (Å²) in [5, 5.41) is 3.60. The highest BCUT2D eigenvalue weighted by atomic mass is 35.5. The van der Waals surface area contributed by atoms with Gasteiger partial charge in [0.05, 0.1) is 20.3 Å². The molecular weight excluding hydrogens is 383 g/mol. The molecular formula is C21H34Cl2N2O2. The van der Waals surface area contributed by atoms with Gasteiger partial charge in [-0.3, -0.25) is 4.90 Å². The standard InChI is InChI=1S/C21H32N2O2.2ClH/c1-24-21-8-7-19(15-20(21)17-23-11-13-25-14-12-23)16-22-10-9-18-5-3-2-4-6-18;;/h5,7-8,15,22H,2-4,6,9-14,16-17H2,1H3;2*1H. The summed E-state index contributed by atoms with van der Waals surface area (Å²) in [4.78, 5) is 2.44. The lowest BCUT2D eigenvalue weighted by Crippen LogP contribution is -2.35. The third kappa shape index (κ3) is 8.00. The highest BCUT2D eigenvalue weighted by molar-refractivity contribution is 5.85. The number of halogens is 2. The van der Waals surface area contributed by atoms with Gasteiger partial charge in [-0.05, 0) is 56.3 Å². The molecule has 1 heterocycles. The van der Waals surface area contributed by atoms with Gasteiger partial charge >= 0.3 is 0 Å². The summed E-state index contributed by atoms with van der Waals surface area (Å²) in [5.41, 5.74) is 4.25. The average molecular weight is 417 g/mol. The number of rotatable bonds is 8. The normalized spacial score (nSPS) is 17.4. The second-order valence-electron chi connectivity index (χ2n) is 7.07. The van der Waals surface area contributed by atoms with E-state index in [0.717, 1.165) is 51.7 Å². The van der Waals surface area contributed by atoms with E-state index in [1.807, 2.05) is 0 Å². The van der Waals surface area contributed by atoms with E-state index >= 15 is 0 Å². The lowest BCUT2D eigenvalue weighted by Gasteiger charge is -2.27. The van der Waals surface area contributed by atoms with E-state index < -0.39 is 0 Å². The van der Waals surface area contributed by atoms with Crippen LogP contribution in [0.5, 0.6) is 5.75 Å². The molecule has 0 radical (unpaired) electrons. The molecule has 1 aliphatic carbocycles. The minimum atomic E-state index is 0. The van der Waals surface area contributed by atoms with Crippen molar-refractivity contribution in [3.8, 4) is 5.75 Å². The Kier molecular flexibility index (Phi) is 12.0. The Morgan fingerprint density at radius 3 is 2.67 bits per heavy atom. The van der Waals surface area contributed by atoms with Crippen LogP contribution in [0.3, 0.4) is 0 Å². The van der Waals surface area contributed by atoms with E-state index in [2.05, 4.69) is 34.5 Å². The molecule has 0 unspecified atom stereocenters. The van der Waals surface area contributed by atoms with E-state index in [4.69, 9.17) is 9.47 Å². The second-order valence-corrected chi connectivity index (χ2v) is 7.07. The van der Waals surface area contributed by atoms with E-state index in [-0.39, 0.29) is 24.8 Å². The highest BCUT2D eigenvalue weighted by Crippen LogP contribution is 2.22. The molecule has 3 rings (SSSR count). The lowest BCUT2D eigenvalue weighted by molar-refractivity contribution is 0.0339. The third-order valence-electron chi connectivity index (χ3n) is 5.18. The molecule has 1 N–H and O–H groups in total. The molecule has 1 saturated heterocycles. The van der Waals surface area contributed by atoms with E-state index in [9.17, 15) is 0 Å². The van der Waals surface area contributed by atoms with Crippen molar-refractivity contribution >= 4 is 24.8 Å². The Hall–Kier alpha value is -0.780. The topological polar surface area (TPSA) is 33.7 Å². The predicted molar refractivity (Wildman–Crippen MR) is 116 cm³/mol. The molecule has 0 spiro atoms. The summed E-state index contributed by atoms with van der Waals surface area (Å²) in [7, 11) is 1.76. The SMILES string of the molecule is COc1ccc(CNCCC2=CCCCC2)cc1CN1CCOCC1.Cl.Cl. The van der Waals surface area contributed by atoms with Crippen LogP contribution in [-0.4, -0.2) is 44.9 Å². The zero-order valence-corrected chi connectivity index (χ0v) is 18.0. The molecule has 1 aromatic rings. The summed E-state index contributed by atoms with van der Waals surface area (Å²) in [6.07, 6.45) is 8.95. The van der Waals surface area contributed by atoms with Crippen molar-refractivity contribution in [2.24, 2.45) is 0 Å². The average Bonchev–Trinajstić information content (AvgIpc) is 2.67. The number of morpholine rings is 1. The van der Waals surface area contributed by atoms with Crippen LogP contribution < -0.4 is 10.1 Å². The Balaban J connectivity index is 0.00000182. The molecule has 0 aromatic heterocycles. The van der Waals surface area contributed by atoms with Gasteiger partial charge in [-0.1, -0.05) is 17.7 Å². The summed E-state index contributed by atoms with van der Waals surface area (Å²) in [6, 6.07) is 6.58. The van der Waals surface area contributed by atoms with E-state index in [1.54, 1.807) is 12.7 Å². The molecule has 6 heteroatoms. The van der Waals surface area contributed by atoms with Crippen LogP contribution >= 0.6 is 24.8 Å². The number of allylic oxidation sites excluding steroid dienone is 1. The van der Waals surface area contributed by atoms with Crippen LogP contribution in [-0.2, 0) is 17.8 Å². The van der Waals surface area contributed by atoms with Gasteiger partial charge in [0.15, 0.2) is 0 Å². The Morgan fingerprint density at radius 1 is 1.15 bits per heavy atom. The fourth-order valence-corrected chi connectivity index (χ4v) is 3.68. The first kappa shape index (κ1) is 24.3. The van der Waals surface area contributed by atoms with E-state index in [1.165, 1.54) is 43.2 Å². The van der Waals surface area contributed by atoms with Crippen LogP contribution in [0.1, 0.15) is 43.2 Å². The zero-order chi connectivity index (χ0) is 17.3. The van der Waals surface area contributed by atoms with Crippen molar-refractivity contribution in [2.45, 2.75) is 45.2 Å². The van der Waals surface area contributed by atoms with Crippen molar-refractivity contribution in [1.82, 2.24) is 10.2 Å². The summed E-state index contributed by atoms with van der Waals surface area (Å²) in [5.74, 6) is 0.989. The Morgan fingerprint density at radius 2 is 1.96 bits per heavy atom. The molecule has 2 aliphatic rings. The minimum absolute atomic E-state index is 0. The lowest BCUT2D eigenvalue weighted by atomic mass is 9.97. The maximum absolute atomic E-state index is 5.56. The van der Waals surface area contributed by atoms with Crippen LogP contribution in [0.25, 0.3) is 0 Å². The maximum Gasteiger partial charge on any atom is 0.123 e. The number of ether oxygens (including phenoxy) is 2. The first-order chi connectivity index (χ1) is 12.3. The summed E-state index contributed by atoms with van der Waals surface area (Å²) in [6.45, 7) is 6.59. The molecule has 0 atom stereocenters. The third-order valence-corrected chi connectivity index (χ3v) is 5.18. The van der Waals surface area contributed by atoms with Crippen molar-refractivity contribution in [1.29, 1.82) is 0 Å². The molecule has 1 aliphatic heterocycles. The first-order valence-corrected chi connectivity index (χ1v) is 9.69. The fraction of sp³-hybridized carbons (Fsp3) is 0.619. The van der Waals surface area contributed by atoms with Crippen molar-refractivity contribution in [2.75, 3.05) is 40.0 Å². The number of methoxy groups -OCH3 is 1. The molecule has 4 nitrogen and oxygen atoms in total.